The predicted molar refractivity (Wildman–Crippen MR) is 81.7 cm³/mol. The van der Waals surface area contributed by atoms with Crippen LogP contribution in [0.15, 0.2) is 17.3 Å². The zero-order valence-corrected chi connectivity index (χ0v) is 13.7. The van der Waals surface area contributed by atoms with E-state index >= 15 is 0 Å². The molecule has 0 aliphatic carbocycles. The topological polar surface area (TPSA) is 85.2 Å². The van der Waals surface area contributed by atoms with Crippen molar-refractivity contribution in [3.05, 3.63) is 12.4 Å². The molecule has 0 unspecified atom stereocenters. The number of ether oxygens (including phenoxy) is 1. The van der Waals surface area contributed by atoms with Crippen LogP contribution < -0.4 is 10.0 Å². The summed E-state index contributed by atoms with van der Waals surface area (Å²) in [5.41, 5.74) is 0. The van der Waals surface area contributed by atoms with Crippen LogP contribution in [-0.4, -0.2) is 51.5 Å². The van der Waals surface area contributed by atoms with Crippen LogP contribution in [0, 0.1) is 0 Å². The van der Waals surface area contributed by atoms with Crippen molar-refractivity contribution in [2.45, 2.75) is 37.6 Å². The van der Waals surface area contributed by atoms with Crippen LogP contribution in [-0.2, 0) is 21.3 Å². The van der Waals surface area contributed by atoms with E-state index in [0.717, 1.165) is 32.4 Å². The Morgan fingerprint density at radius 2 is 2.10 bits per heavy atom. The highest BCUT2D eigenvalue weighted by atomic mass is 32.2. The summed E-state index contributed by atoms with van der Waals surface area (Å²) >= 11 is 0. The van der Waals surface area contributed by atoms with Gasteiger partial charge in [-0.25, -0.2) is 13.1 Å². The van der Waals surface area contributed by atoms with Gasteiger partial charge < -0.3 is 10.1 Å². The largest absolute Gasteiger partial charge is 0.385 e. The molecule has 0 fully saturated rings. The van der Waals surface area contributed by atoms with Gasteiger partial charge in [-0.3, -0.25) is 4.68 Å². The lowest BCUT2D eigenvalue weighted by atomic mass is 10.3. The molecule has 0 amide bonds. The highest BCUT2D eigenvalue weighted by Gasteiger charge is 2.15. The van der Waals surface area contributed by atoms with Gasteiger partial charge in [0.05, 0.1) is 12.7 Å². The summed E-state index contributed by atoms with van der Waals surface area (Å²) in [5.74, 6) is 0. The molecule has 0 bridgehead atoms. The molecule has 1 aromatic rings. The fourth-order valence-corrected chi connectivity index (χ4v) is 2.79. The molecule has 0 spiro atoms. The Hall–Kier alpha value is -0.960. The molecule has 1 heterocycles. The Morgan fingerprint density at radius 1 is 1.29 bits per heavy atom. The van der Waals surface area contributed by atoms with Crippen LogP contribution in [0.3, 0.4) is 0 Å². The fraction of sp³-hybridized carbons (Fsp3) is 0.769. The molecule has 0 aliphatic rings. The van der Waals surface area contributed by atoms with Crippen molar-refractivity contribution in [3.63, 3.8) is 0 Å². The van der Waals surface area contributed by atoms with Gasteiger partial charge in [-0.1, -0.05) is 6.92 Å². The molecule has 0 aromatic carbocycles. The van der Waals surface area contributed by atoms with Gasteiger partial charge in [0.2, 0.25) is 10.0 Å². The average molecular weight is 318 g/mol. The van der Waals surface area contributed by atoms with E-state index in [1.165, 1.54) is 6.20 Å². The van der Waals surface area contributed by atoms with Gasteiger partial charge in [0.25, 0.3) is 0 Å². The van der Waals surface area contributed by atoms with Crippen LogP contribution in [0.25, 0.3) is 0 Å². The molecular formula is C13H26N4O3S. The van der Waals surface area contributed by atoms with Gasteiger partial charge in [0.15, 0.2) is 0 Å². The number of nitrogens with zero attached hydrogens (tertiary/aromatic N) is 2. The van der Waals surface area contributed by atoms with E-state index in [0.29, 0.717) is 19.7 Å². The molecule has 0 radical (unpaired) electrons. The number of hydrogen-bond donors (Lipinski definition) is 2. The Balaban J connectivity index is 2.39. The first-order valence-electron chi connectivity index (χ1n) is 7.32. The van der Waals surface area contributed by atoms with Gasteiger partial charge in [-0.15, -0.1) is 0 Å². The first-order valence-corrected chi connectivity index (χ1v) is 8.80. The maximum Gasteiger partial charge on any atom is 0.243 e. The minimum Gasteiger partial charge on any atom is -0.385 e. The van der Waals surface area contributed by atoms with Crippen molar-refractivity contribution in [3.8, 4) is 0 Å². The van der Waals surface area contributed by atoms with Crippen LogP contribution >= 0.6 is 0 Å². The van der Waals surface area contributed by atoms with E-state index in [-0.39, 0.29) is 4.90 Å². The minimum absolute atomic E-state index is 0.213. The van der Waals surface area contributed by atoms with Gasteiger partial charge in [-0.05, 0) is 25.8 Å². The Labute approximate surface area is 127 Å². The molecule has 122 valence electrons. The van der Waals surface area contributed by atoms with Crippen molar-refractivity contribution in [2.75, 3.05) is 33.4 Å². The van der Waals surface area contributed by atoms with Crippen molar-refractivity contribution < 1.29 is 13.2 Å². The lowest BCUT2D eigenvalue weighted by Crippen LogP contribution is -2.24. The van der Waals surface area contributed by atoms with Gasteiger partial charge in [0.1, 0.15) is 4.90 Å². The van der Waals surface area contributed by atoms with E-state index in [4.69, 9.17) is 4.74 Å². The lowest BCUT2D eigenvalue weighted by Gasteiger charge is -2.04. The Kier molecular flexibility index (Phi) is 8.51. The molecule has 7 nitrogen and oxygen atoms in total. The number of nitrogens with one attached hydrogen (secondary N) is 2. The summed E-state index contributed by atoms with van der Waals surface area (Å²) in [4.78, 5) is 0.213. The third-order valence-electron chi connectivity index (χ3n) is 2.93. The summed E-state index contributed by atoms with van der Waals surface area (Å²) in [7, 11) is -1.82. The average Bonchev–Trinajstić information content (AvgIpc) is 2.93. The highest BCUT2D eigenvalue weighted by molar-refractivity contribution is 7.89. The first-order chi connectivity index (χ1) is 10.1. The molecule has 8 heteroatoms. The maximum atomic E-state index is 12.0. The van der Waals surface area contributed by atoms with Gasteiger partial charge in [-0.2, -0.15) is 5.10 Å². The van der Waals surface area contributed by atoms with Crippen LogP contribution in [0.5, 0.6) is 0 Å². The van der Waals surface area contributed by atoms with Crippen LogP contribution in [0.4, 0.5) is 0 Å². The second kappa shape index (κ2) is 9.88. The summed E-state index contributed by atoms with van der Waals surface area (Å²) in [6, 6.07) is 0. The van der Waals surface area contributed by atoms with Crippen molar-refractivity contribution >= 4 is 10.0 Å². The predicted octanol–water partition coefficient (Wildman–Crippen LogP) is 0.588. The number of unbranched alkanes of at least 4 members (excludes halogenated alkanes) is 1. The minimum atomic E-state index is -3.46. The first kappa shape index (κ1) is 18.1. The molecule has 21 heavy (non-hydrogen) atoms. The summed E-state index contributed by atoms with van der Waals surface area (Å²) in [6.07, 6.45) is 5.61. The van der Waals surface area contributed by atoms with Crippen molar-refractivity contribution in [1.82, 2.24) is 19.8 Å². The monoisotopic (exact) mass is 318 g/mol. The van der Waals surface area contributed by atoms with Gasteiger partial charge in [0, 0.05) is 33.0 Å². The van der Waals surface area contributed by atoms with Crippen molar-refractivity contribution in [1.29, 1.82) is 0 Å². The zero-order valence-electron chi connectivity index (χ0n) is 12.8. The third-order valence-corrected chi connectivity index (χ3v) is 4.35. The third kappa shape index (κ3) is 7.03. The summed E-state index contributed by atoms with van der Waals surface area (Å²) < 4.78 is 33.2. The van der Waals surface area contributed by atoms with E-state index in [9.17, 15) is 8.42 Å². The van der Waals surface area contributed by atoms with E-state index in [2.05, 4.69) is 22.1 Å². The number of methoxy groups -OCH3 is 1. The molecule has 1 aromatic heterocycles. The quantitative estimate of drug-likeness (QED) is 0.551. The molecule has 0 atom stereocenters. The SMILES string of the molecule is CCCNCCn1cc(S(=O)(=O)NCCCCOC)cn1. The maximum absolute atomic E-state index is 12.0. The number of sulfonamides is 1. The standard InChI is InChI=1S/C13H26N4O3S/c1-3-6-14-8-9-17-12-13(11-15-17)21(18,19)16-7-4-5-10-20-2/h11-12,14,16H,3-10H2,1-2H3. The molecule has 2 N–H and O–H groups in total. The Morgan fingerprint density at radius 3 is 2.81 bits per heavy atom. The van der Waals surface area contributed by atoms with Gasteiger partial charge >= 0.3 is 0 Å². The van der Waals surface area contributed by atoms with Crippen LogP contribution in [0.1, 0.15) is 26.2 Å². The Bertz CT molecular complexity index is 487. The molecule has 0 aliphatic heterocycles. The number of aromatic nitrogens is 2. The summed E-state index contributed by atoms with van der Waals surface area (Å²) in [5, 5.41) is 7.32. The van der Waals surface area contributed by atoms with E-state index < -0.39 is 10.0 Å². The van der Waals surface area contributed by atoms with E-state index in [1.54, 1.807) is 18.0 Å². The molecule has 0 saturated carbocycles. The normalized spacial score (nSPS) is 11.9. The van der Waals surface area contributed by atoms with Crippen LogP contribution in [0.2, 0.25) is 0 Å². The molecule has 1 rings (SSSR count). The number of rotatable bonds is 12. The molecule has 0 saturated heterocycles. The van der Waals surface area contributed by atoms with Crippen molar-refractivity contribution in [2.24, 2.45) is 0 Å². The lowest BCUT2D eigenvalue weighted by molar-refractivity contribution is 0.193. The number of hydrogen-bond acceptors (Lipinski definition) is 5. The zero-order chi connectivity index (χ0) is 15.6. The van der Waals surface area contributed by atoms with E-state index in [1.807, 2.05) is 0 Å². The molecular weight excluding hydrogens is 292 g/mol. The second-order valence-corrected chi connectivity index (χ2v) is 6.55. The summed E-state index contributed by atoms with van der Waals surface area (Å²) in [6.45, 7) is 5.54. The second-order valence-electron chi connectivity index (χ2n) is 4.79. The fourth-order valence-electron chi connectivity index (χ4n) is 1.76. The highest BCUT2D eigenvalue weighted by Crippen LogP contribution is 2.06. The smallest absolute Gasteiger partial charge is 0.243 e.